The average molecular weight is 308 g/mol. The highest BCUT2D eigenvalue weighted by molar-refractivity contribution is 7.93. The summed E-state index contributed by atoms with van der Waals surface area (Å²) in [5.74, 6) is 0. The number of anilines is 2. The summed E-state index contributed by atoms with van der Waals surface area (Å²) in [6.07, 6.45) is 0. The lowest BCUT2D eigenvalue weighted by Gasteiger charge is -2.23. The van der Waals surface area contributed by atoms with Crippen LogP contribution < -0.4 is 10.0 Å². The maximum atomic E-state index is 13.0. The van der Waals surface area contributed by atoms with E-state index in [1.54, 1.807) is 56.8 Å². The van der Waals surface area contributed by atoms with E-state index in [9.17, 15) is 8.42 Å². The number of sulfonamides is 1. The van der Waals surface area contributed by atoms with E-state index in [0.717, 1.165) is 0 Å². The van der Waals surface area contributed by atoms with Crippen LogP contribution in [0.3, 0.4) is 0 Å². The molecule has 1 heterocycles. The standard InChI is InChI=1S/C14H20N4O2S/c1-5-18(13-8-6-7-12(15)9-13)21(19,20)14-10(2)16-17(4)11(14)3/h6-9H,5,15H2,1-4H3. The maximum absolute atomic E-state index is 13.0. The molecule has 6 nitrogen and oxygen atoms in total. The van der Waals surface area contributed by atoms with Gasteiger partial charge in [-0.05, 0) is 39.0 Å². The molecule has 0 atom stereocenters. The lowest BCUT2D eigenvalue weighted by Crippen LogP contribution is -2.31. The first-order valence-corrected chi connectivity index (χ1v) is 8.11. The van der Waals surface area contributed by atoms with Crippen molar-refractivity contribution >= 4 is 21.4 Å². The maximum Gasteiger partial charge on any atom is 0.267 e. The zero-order valence-electron chi connectivity index (χ0n) is 12.7. The zero-order valence-corrected chi connectivity index (χ0v) is 13.5. The number of hydrogen-bond donors (Lipinski definition) is 1. The quantitative estimate of drug-likeness (QED) is 0.874. The normalized spacial score (nSPS) is 11.6. The van der Waals surface area contributed by atoms with E-state index in [-0.39, 0.29) is 4.90 Å². The number of benzene rings is 1. The third kappa shape index (κ3) is 2.61. The molecule has 0 fully saturated rings. The monoisotopic (exact) mass is 308 g/mol. The molecule has 7 heteroatoms. The Morgan fingerprint density at radius 3 is 2.48 bits per heavy atom. The van der Waals surface area contributed by atoms with E-state index in [1.807, 2.05) is 0 Å². The number of nitrogens with two attached hydrogens (primary N) is 1. The molecule has 114 valence electrons. The van der Waals surface area contributed by atoms with Crippen LogP contribution in [0.5, 0.6) is 0 Å². The molecule has 1 aromatic heterocycles. The second kappa shape index (κ2) is 5.40. The summed E-state index contributed by atoms with van der Waals surface area (Å²) in [6.45, 7) is 5.56. The fourth-order valence-electron chi connectivity index (χ4n) is 2.41. The lowest BCUT2D eigenvalue weighted by molar-refractivity contribution is 0.590. The van der Waals surface area contributed by atoms with Gasteiger partial charge in [-0.25, -0.2) is 8.42 Å². The van der Waals surface area contributed by atoms with E-state index in [2.05, 4.69) is 5.10 Å². The van der Waals surface area contributed by atoms with Crippen molar-refractivity contribution in [3.8, 4) is 0 Å². The predicted octanol–water partition coefficient (Wildman–Crippen LogP) is 1.83. The van der Waals surface area contributed by atoms with E-state index >= 15 is 0 Å². The zero-order chi connectivity index (χ0) is 15.8. The van der Waals surface area contributed by atoms with Gasteiger partial charge in [0.15, 0.2) is 0 Å². The fourth-order valence-corrected chi connectivity index (χ4v) is 4.28. The molecule has 0 aliphatic carbocycles. The molecule has 0 spiro atoms. The second-order valence-corrected chi connectivity index (χ2v) is 6.69. The fraction of sp³-hybridized carbons (Fsp3) is 0.357. The van der Waals surface area contributed by atoms with Gasteiger partial charge in [-0.15, -0.1) is 0 Å². The molecule has 0 unspecified atom stereocenters. The smallest absolute Gasteiger partial charge is 0.267 e. The minimum atomic E-state index is -3.67. The van der Waals surface area contributed by atoms with E-state index < -0.39 is 10.0 Å². The van der Waals surface area contributed by atoms with E-state index in [0.29, 0.717) is 29.3 Å². The number of aromatic nitrogens is 2. The van der Waals surface area contributed by atoms with Crippen LogP contribution in [0, 0.1) is 13.8 Å². The van der Waals surface area contributed by atoms with Crippen LogP contribution in [0.1, 0.15) is 18.3 Å². The SMILES string of the molecule is CCN(c1cccc(N)c1)S(=O)(=O)c1c(C)nn(C)c1C. The summed E-state index contributed by atoms with van der Waals surface area (Å²) in [5.41, 5.74) is 7.96. The largest absolute Gasteiger partial charge is 0.399 e. The van der Waals surface area contributed by atoms with Gasteiger partial charge in [-0.1, -0.05) is 6.07 Å². The van der Waals surface area contributed by atoms with Gasteiger partial charge in [-0.2, -0.15) is 5.10 Å². The first-order chi connectivity index (χ1) is 9.78. The minimum Gasteiger partial charge on any atom is -0.399 e. The number of nitrogens with zero attached hydrogens (tertiary/aromatic N) is 3. The highest BCUT2D eigenvalue weighted by Crippen LogP contribution is 2.28. The Morgan fingerprint density at radius 1 is 1.33 bits per heavy atom. The third-order valence-electron chi connectivity index (χ3n) is 3.44. The van der Waals surface area contributed by atoms with Crippen molar-refractivity contribution in [1.82, 2.24) is 9.78 Å². The van der Waals surface area contributed by atoms with Gasteiger partial charge in [0.2, 0.25) is 0 Å². The van der Waals surface area contributed by atoms with Crippen LogP contribution >= 0.6 is 0 Å². The third-order valence-corrected chi connectivity index (χ3v) is 5.59. The Morgan fingerprint density at radius 2 is 2.00 bits per heavy atom. The number of nitrogen functional groups attached to an aromatic ring is 1. The van der Waals surface area contributed by atoms with Crippen molar-refractivity contribution in [2.45, 2.75) is 25.7 Å². The van der Waals surface area contributed by atoms with Crippen LogP contribution in [-0.2, 0) is 17.1 Å². The molecule has 0 aliphatic heterocycles. The van der Waals surface area contributed by atoms with Gasteiger partial charge in [0, 0.05) is 19.3 Å². The molecular formula is C14H20N4O2S. The molecule has 2 aromatic rings. The van der Waals surface area contributed by atoms with Gasteiger partial charge in [0.1, 0.15) is 4.90 Å². The minimum absolute atomic E-state index is 0.259. The molecule has 1 aromatic carbocycles. The average Bonchev–Trinajstić information content (AvgIpc) is 2.64. The Bertz CT molecular complexity index is 765. The van der Waals surface area contributed by atoms with Crippen LogP contribution in [0.2, 0.25) is 0 Å². The molecule has 0 aliphatic rings. The summed E-state index contributed by atoms with van der Waals surface area (Å²) >= 11 is 0. The first-order valence-electron chi connectivity index (χ1n) is 6.67. The molecule has 21 heavy (non-hydrogen) atoms. The van der Waals surface area contributed by atoms with Gasteiger partial charge in [-0.3, -0.25) is 8.99 Å². The molecular weight excluding hydrogens is 288 g/mol. The van der Waals surface area contributed by atoms with Crippen LogP contribution in [0.25, 0.3) is 0 Å². The van der Waals surface area contributed by atoms with Crippen molar-refractivity contribution in [3.05, 3.63) is 35.7 Å². The van der Waals surface area contributed by atoms with Crippen molar-refractivity contribution in [3.63, 3.8) is 0 Å². The highest BCUT2D eigenvalue weighted by atomic mass is 32.2. The molecule has 0 saturated heterocycles. The van der Waals surface area contributed by atoms with Gasteiger partial charge in [0.25, 0.3) is 10.0 Å². The van der Waals surface area contributed by atoms with Crippen LogP contribution in [0.15, 0.2) is 29.2 Å². The highest BCUT2D eigenvalue weighted by Gasteiger charge is 2.30. The number of rotatable bonds is 4. The Labute approximate surface area is 125 Å². The summed E-state index contributed by atoms with van der Waals surface area (Å²) in [6, 6.07) is 6.86. The number of aryl methyl sites for hydroxylation is 2. The van der Waals surface area contributed by atoms with Gasteiger partial charge in [0.05, 0.1) is 17.1 Å². The topological polar surface area (TPSA) is 81.2 Å². The number of hydrogen-bond acceptors (Lipinski definition) is 4. The van der Waals surface area contributed by atoms with Gasteiger partial charge >= 0.3 is 0 Å². The molecule has 0 saturated carbocycles. The van der Waals surface area contributed by atoms with Crippen molar-refractivity contribution < 1.29 is 8.42 Å². The summed E-state index contributed by atoms with van der Waals surface area (Å²) < 4.78 is 28.9. The Kier molecular flexibility index (Phi) is 3.95. The molecule has 0 bridgehead atoms. The molecule has 2 rings (SSSR count). The summed E-state index contributed by atoms with van der Waals surface area (Å²) in [7, 11) is -1.93. The first kappa shape index (κ1) is 15.4. The van der Waals surface area contributed by atoms with Gasteiger partial charge < -0.3 is 5.73 Å². The van der Waals surface area contributed by atoms with Crippen molar-refractivity contribution in [2.75, 3.05) is 16.6 Å². The molecule has 0 radical (unpaired) electrons. The Balaban J connectivity index is 2.60. The predicted molar refractivity (Wildman–Crippen MR) is 83.7 cm³/mol. The van der Waals surface area contributed by atoms with Crippen molar-refractivity contribution in [1.29, 1.82) is 0 Å². The van der Waals surface area contributed by atoms with Crippen LogP contribution in [-0.4, -0.2) is 24.7 Å². The second-order valence-electron chi connectivity index (χ2n) is 4.89. The lowest BCUT2D eigenvalue weighted by atomic mass is 10.3. The molecule has 0 amide bonds. The Hall–Kier alpha value is -2.02. The van der Waals surface area contributed by atoms with E-state index in [4.69, 9.17) is 5.73 Å². The van der Waals surface area contributed by atoms with Crippen LogP contribution in [0.4, 0.5) is 11.4 Å². The summed E-state index contributed by atoms with van der Waals surface area (Å²) in [5, 5.41) is 4.19. The summed E-state index contributed by atoms with van der Waals surface area (Å²) in [4.78, 5) is 0.259. The van der Waals surface area contributed by atoms with Crippen molar-refractivity contribution in [2.24, 2.45) is 7.05 Å². The molecule has 2 N–H and O–H groups in total. The van der Waals surface area contributed by atoms with E-state index in [1.165, 1.54) is 4.31 Å².